The third-order valence-electron chi connectivity index (χ3n) is 17.3. The van der Waals surface area contributed by atoms with Crippen molar-refractivity contribution in [3.05, 3.63) is 149 Å². The maximum absolute atomic E-state index is 12.7. The lowest BCUT2D eigenvalue weighted by Crippen LogP contribution is -2.52. The zero-order valence-electron chi connectivity index (χ0n) is 61.9. The van der Waals surface area contributed by atoms with Crippen molar-refractivity contribution >= 4 is 240 Å². The van der Waals surface area contributed by atoms with Gasteiger partial charge >= 0.3 is 0 Å². The molecule has 4 aromatic rings. The Balaban J connectivity index is 0.000000305. The normalized spacial score (nSPS) is 17.3. The van der Waals surface area contributed by atoms with E-state index in [4.69, 9.17) is 22.2 Å². The van der Waals surface area contributed by atoms with Gasteiger partial charge < -0.3 is 29.8 Å². The Morgan fingerprint density at radius 2 is 0.812 bits per heavy atom. The van der Waals surface area contributed by atoms with Crippen LogP contribution in [0.4, 0.5) is 0 Å². The number of carbonyl (C=O) groups excluding carboxylic acids is 12. The number of benzene rings is 4. The fraction of sp³-hybridized carbons (Fsp3) is 0.397. The number of hydrogen-bond donors (Lipinski definition) is 6. The number of aliphatic hydroxyl groups excluding tert-OH is 2. The van der Waals surface area contributed by atoms with E-state index in [9.17, 15) is 66.0 Å². The monoisotopic (exact) mass is 1940 g/mol. The van der Waals surface area contributed by atoms with E-state index in [2.05, 4.69) is 182 Å². The molecule has 0 spiro atoms. The minimum atomic E-state index is -3.45. The van der Waals surface area contributed by atoms with Crippen LogP contribution in [0.1, 0.15) is 183 Å². The number of piperidine rings is 4. The number of imide groups is 4. The maximum atomic E-state index is 12.7. The van der Waals surface area contributed by atoms with Crippen molar-refractivity contribution in [1.29, 1.82) is 0 Å². The number of unbranched alkanes of at least 4 members (excludes halogenated alkanes) is 4. The third kappa shape index (κ3) is 32.4. The van der Waals surface area contributed by atoms with E-state index >= 15 is 0 Å². The lowest BCUT2D eigenvalue weighted by atomic mass is 10.0. The highest BCUT2D eigenvalue weighted by molar-refractivity contribution is 9.10. The van der Waals surface area contributed by atoms with Gasteiger partial charge in [-0.25, -0.2) is 0 Å². The van der Waals surface area contributed by atoms with Crippen molar-refractivity contribution in [2.24, 2.45) is 5.11 Å². The second-order valence-electron chi connectivity index (χ2n) is 24.7. The molecule has 44 heteroatoms. The molecule has 12 amide bonds. The number of amides is 12. The quantitative estimate of drug-likeness (QED) is 0.0180. The van der Waals surface area contributed by atoms with Gasteiger partial charge in [0.25, 0.3) is 33.7 Å². The van der Waals surface area contributed by atoms with Crippen molar-refractivity contribution in [1.82, 2.24) is 40.9 Å². The Morgan fingerprint density at radius 1 is 0.504 bits per heavy atom. The number of halogens is 1. The van der Waals surface area contributed by atoms with E-state index in [-0.39, 0.29) is 105 Å². The van der Waals surface area contributed by atoms with E-state index < -0.39 is 52.0 Å². The molecule has 0 saturated carbocycles. The topological polar surface area (TPSA) is 399 Å². The Morgan fingerprint density at radius 3 is 1.09 bits per heavy atom. The van der Waals surface area contributed by atoms with Gasteiger partial charge in [0.15, 0.2) is 0 Å². The molecule has 0 radical (unpaired) electrons. The number of terminal acetylenes is 1. The molecule has 8 aliphatic rings. The predicted molar refractivity (Wildman–Crippen MR) is 476 cm³/mol. The van der Waals surface area contributed by atoms with Crippen LogP contribution >= 0.6 is 15.9 Å². The first-order valence-corrected chi connectivity index (χ1v) is 50.8. The molecule has 0 aliphatic carbocycles. The Bertz CT molecular complexity index is 5120. The minimum Gasteiger partial charge on any atom is -0.396 e. The van der Waals surface area contributed by atoms with E-state index in [0.29, 0.717) is 125 Å². The molecule has 4 saturated heterocycles. The number of rotatable bonds is 15. The SMILES string of the molecule is C#CCCCO.CS(=O)(=O)OCCCC#Cc1cccc2c1CN(C1CCC(=O)NC1=O)C2=O.O=C1CCC(N2Cc3c(Br)cccc3C2=O)C(=O)N1.O=C1CCC(N2Cc3c(C#CCCCO)cccc3C2=O)C(=O)N1.S=S.S=S=S.S=S=S=S.S=S=S=S=S.[N-]=[N+]=NCCCC#Cc1cccc2c1CN(C1CCC(=O)NC1=O)C2=O. The summed E-state index contributed by atoms with van der Waals surface area (Å²) in [7, 11) is 3.76. The van der Waals surface area contributed by atoms with Crippen LogP contribution < -0.4 is 21.3 Å². The smallest absolute Gasteiger partial charge is 0.264 e. The van der Waals surface area contributed by atoms with E-state index in [0.717, 1.165) is 59.4 Å². The zero-order valence-corrected chi connectivity index (χ0v) is 75.8. The summed E-state index contributed by atoms with van der Waals surface area (Å²) in [5.41, 5.74) is 16.0. The molecule has 0 bridgehead atoms. The molecular weight excluding hydrogens is 1860 g/mol. The average molecular weight is 1940 g/mol. The standard InChI is InChI=1S/C19H20N2O6S.C18H17N5O3.C18H18N2O4.C13H11BrN2O3.C5H8O.S5.S4.S3.S2/c1-28(25,26)27-11-4-2-3-6-13-7-5-8-14-15(13)12-21(19(14)24)16-9-10-17(22)20-18(16)23;19-22-20-10-3-1-2-5-12-6-4-7-13-14(12)11-23(18(13)26)15-8-9-16(24)21-17(15)25;21-10-3-1-2-5-12-6-4-7-13-14(12)11-20(18(13)24)15-8-9-16(22)19-17(15)23;14-9-3-1-2-7-8(9)6-16(13(7)19)10-4-5-11(17)15-12(10)18;1-2-3-4-5-6;1-3-5-4-2;1-3-4-2;1-3-2;1-2/h5,7-8,16H,2,4,9-12H2,1H3,(H,20,22,23);4,6-7,15H,1,3,8-11H2,(H,21,24,25);4,6-7,15,21H,1,3,8-11H2,(H,19,22,23);1-3,10H,4-6H2,(H,15,17,18);1,6H,3-5H2;;;;. The molecule has 12 rings (SSSR count). The highest BCUT2D eigenvalue weighted by Crippen LogP contribution is 2.35. The molecule has 4 aromatic carbocycles. The molecule has 8 heterocycles. The second kappa shape index (κ2) is 55.2. The van der Waals surface area contributed by atoms with E-state index in [1.807, 2.05) is 18.2 Å². The molecule has 4 atom stereocenters. The minimum absolute atomic E-state index is 0.0716. The number of aliphatic hydroxyl groups is 2. The van der Waals surface area contributed by atoms with Crippen LogP contribution in [0.2, 0.25) is 0 Å². The lowest BCUT2D eigenvalue weighted by Gasteiger charge is -2.29. The summed E-state index contributed by atoms with van der Waals surface area (Å²) in [5, 5.41) is 29.5. The average Bonchev–Trinajstić information content (AvgIpc) is 1.64. The molecule has 4 fully saturated rings. The summed E-state index contributed by atoms with van der Waals surface area (Å²) in [6, 6.07) is 19.0. The van der Waals surface area contributed by atoms with Crippen LogP contribution in [0, 0.1) is 47.9 Å². The molecule has 8 aliphatic heterocycles. The highest BCUT2D eigenvalue weighted by atomic mass is 79.9. The predicted octanol–water partition coefficient (Wildman–Crippen LogP) is 4.59. The molecule has 28 nitrogen and oxygen atoms in total. The lowest BCUT2D eigenvalue weighted by molar-refractivity contribution is -0.138. The van der Waals surface area contributed by atoms with Crippen LogP contribution in [0.25, 0.3) is 10.4 Å². The van der Waals surface area contributed by atoms with E-state index in [1.54, 1.807) is 54.6 Å². The first-order chi connectivity index (χ1) is 56.2. The highest BCUT2D eigenvalue weighted by Gasteiger charge is 2.44. The number of nitrogens with zero attached hydrogens (tertiary/aromatic N) is 7. The first kappa shape index (κ1) is 102. The summed E-state index contributed by atoms with van der Waals surface area (Å²) < 4.78 is 27.3. The number of fused-ring (bicyclic) bond motifs is 4. The van der Waals surface area contributed by atoms with Gasteiger partial charge in [-0.3, -0.25) is 83.0 Å². The number of carbonyl (C=O) groups is 12. The Labute approximate surface area is 741 Å². The fourth-order valence-corrected chi connectivity index (χ4v) is 15.8. The first-order valence-electron chi connectivity index (χ1n) is 34.8. The molecule has 620 valence electrons. The maximum Gasteiger partial charge on any atom is 0.264 e. The van der Waals surface area contributed by atoms with Crippen molar-refractivity contribution in [2.45, 2.75) is 153 Å². The Kier molecular flexibility index (Phi) is 47.9. The number of nitrogens with one attached hydrogen (secondary N) is 4. The summed E-state index contributed by atoms with van der Waals surface area (Å²) >= 11 is 36.5. The van der Waals surface area contributed by atoms with Gasteiger partial charge in [0.05, 0.1) is 12.9 Å². The van der Waals surface area contributed by atoms with Crippen LogP contribution in [0.5, 0.6) is 0 Å². The van der Waals surface area contributed by atoms with Gasteiger partial charge in [-0.05, 0) is 128 Å². The van der Waals surface area contributed by atoms with Gasteiger partial charge in [0.1, 0.15) is 24.2 Å². The molecule has 6 N–H and O–H groups in total. The van der Waals surface area contributed by atoms with Gasteiger partial charge in [-0.1, -0.05) is 80.8 Å². The van der Waals surface area contributed by atoms with Crippen LogP contribution in [-0.2, 0) is 222 Å². The van der Waals surface area contributed by atoms with Crippen molar-refractivity contribution in [2.75, 3.05) is 32.6 Å². The largest absolute Gasteiger partial charge is 0.396 e. The van der Waals surface area contributed by atoms with Gasteiger partial charge in [0.2, 0.25) is 47.3 Å². The number of azide groups is 1. The van der Waals surface area contributed by atoms with Crippen molar-refractivity contribution in [3.63, 3.8) is 0 Å². The van der Waals surface area contributed by atoms with Gasteiger partial charge in [-0.15, -0.1) is 12.3 Å². The molecular formula is C73H74BrN11O17S15. The van der Waals surface area contributed by atoms with E-state index in [1.165, 1.54) is 64.0 Å². The second-order valence-corrected chi connectivity index (χ2v) is 37.8. The van der Waals surface area contributed by atoms with Crippen LogP contribution in [0.15, 0.2) is 82.4 Å². The van der Waals surface area contributed by atoms with Crippen LogP contribution in [-0.4, -0.2) is 166 Å². The summed E-state index contributed by atoms with van der Waals surface area (Å²) in [4.78, 5) is 152. The van der Waals surface area contributed by atoms with Gasteiger partial charge in [0, 0.05) is 288 Å². The zero-order chi connectivity index (χ0) is 86.6. The fourth-order valence-electron chi connectivity index (χ4n) is 12.1. The van der Waals surface area contributed by atoms with Gasteiger partial charge in [-0.2, -0.15) is 8.42 Å². The summed E-state index contributed by atoms with van der Waals surface area (Å²) in [6.45, 7) is 2.09. The molecule has 117 heavy (non-hydrogen) atoms. The number of hydrogen-bond acceptors (Lipinski definition) is 26. The molecule has 0 aromatic heterocycles. The molecule has 4 unspecified atom stereocenters. The summed E-state index contributed by atoms with van der Waals surface area (Å²) in [5.74, 6) is 16.9. The summed E-state index contributed by atoms with van der Waals surface area (Å²) in [6.07, 6.45) is 13.0. The Hall–Kier alpha value is -7.74. The van der Waals surface area contributed by atoms with Crippen LogP contribution in [0.3, 0.4) is 0 Å². The van der Waals surface area contributed by atoms with Crippen molar-refractivity contribution in [3.8, 4) is 47.9 Å². The third-order valence-corrected chi connectivity index (χ3v) is 25.3. The van der Waals surface area contributed by atoms with Crippen molar-refractivity contribution < 1.29 is 80.3 Å².